The molecule has 0 radical (unpaired) electrons. The zero-order valence-electron chi connectivity index (χ0n) is 18.7. The van der Waals surface area contributed by atoms with Crippen molar-refractivity contribution >= 4 is 28.8 Å². The molecule has 2 aromatic heterocycles. The summed E-state index contributed by atoms with van der Waals surface area (Å²) in [6.45, 7) is 1.54. The van der Waals surface area contributed by atoms with Gasteiger partial charge in [-0.2, -0.15) is 0 Å². The molecule has 9 nitrogen and oxygen atoms in total. The summed E-state index contributed by atoms with van der Waals surface area (Å²) in [4.78, 5) is 56.7. The van der Waals surface area contributed by atoms with Crippen molar-refractivity contribution < 1.29 is 23.9 Å². The number of H-pyrrole nitrogens is 1. The number of rotatable bonds is 6. The van der Waals surface area contributed by atoms with Gasteiger partial charge >= 0.3 is 11.9 Å². The van der Waals surface area contributed by atoms with Crippen LogP contribution < -0.4 is 5.56 Å². The molecule has 0 saturated carbocycles. The fraction of sp³-hybridized carbons (Fsp3) is 0.160. The highest BCUT2D eigenvalue weighted by atomic mass is 16.5. The highest BCUT2D eigenvalue weighted by molar-refractivity contribution is 6.11. The third-order valence-electron chi connectivity index (χ3n) is 5.54. The first-order valence-electron chi connectivity index (χ1n) is 10.4. The Hall–Kier alpha value is -4.53. The molecule has 0 aliphatic rings. The number of pyridine rings is 1. The van der Waals surface area contributed by atoms with Crippen molar-refractivity contribution in [3.05, 3.63) is 93.4 Å². The number of aromatic nitrogens is 3. The van der Waals surface area contributed by atoms with Gasteiger partial charge in [0, 0.05) is 17.0 Å². The van der Waals surface area contributed by atoms with E-state index in [0.717, 1.165) is 14.2 Å². The zero-order chi connectivity index (χ0) is 24.4. The first kappa shape index (κ1) is 22.7. The van der Waals surface area contributed by atoms with E-state index in [9.17, 15) is 19.2 Å². The van der Waals surface area contributed by atoms with Crippen LogP contribution in [0.5, 0.6) is 0 Å². The van der Waals surface area contributed by atoms with Crippen molar-refractivity contribution in [2.75, 3.05) is 14.2 Å². The second-order valence-corrected chi connectivity index (χ2v) is 7.50. The first-order valence-corrected chi connectivity index (χ1v) is 10.4. The molecule has 2 aromatic carbocycles. The molecule has 2 heterocycles. The zero-order valence-corrected chi connectivity index (χ0v) is 18.7. The number of carbonyl (C=O) groups is 3. The topological polar surface area (TPSA) is 120 Å². The second kappa shape index (κ2) is 9.14. The summed E-state index contributed by atoms with van der Waals surface area (Å²) in [5, 5.41) is 2.75. The van der Waals surface area contributed by atoms with Crippen molar-refractivity contribution in [2.24, 2.45) is 0 Å². The molecule has 1 atom stereocenters. The normalized spacial score (nSPS) is 11.7. The summed E-state index contributed by atoms with van der Waals surface area (Å²) >= 11 is 0. The van der Waals surface area contributed by atoms with E-state index < -0.39 is 23.4 Å². The number of aromatic amines is 1. The van der Waals surface area contributed by atoms with Gasteiger partial charge in [-0.15, -0.1) is 0 Å². The lowest BCUT2D eigenvalue weighted by atomic mass is 9.87. The summed E-state index contributed by atoms with van der Waals surface area (Å²) in [7, 11) is 2.32. The second-order valence-electron chi connectivity index (χ2n) is 7.50. The van der Waals surface area contributed by atoms with Crippen LogP contribution in [-0.2, 0) is 9.47 Å². The summed E-state index contributed by atoms with van der Waals surface area (Å²) in [5.41, 5.74) is -0.220. The van der Waals surface area contributed by atoms with Gasteiger partial charge in [0.1, 0.15) is 5.39 Å². The van der Waals surface area contributed by atoms with Crippen molar-refractivity contribution in [1.82, 2.24) is 14.8 Å². The van der Waals surface area contributed by atoms with Gasteiger partial charge in [-0.25, -0.2) is 19.3 Å². The predicted octanol–water partition coefficient (Wildman–Crippen LogP) is 3.27. The summed E-state index contributed by atoms with van der Waals surface area (Å²) in [6.07, 6.45) is 0. The van der Waals surface area contributed by atoms with Crippen LogP contribution in [0.25, 0.3) is 16.7 Å². The number of ether oxygens (including phenoxy) is 2. The number of Topliss-reactive ketones (excluding diaryl/α,β-unsaturated/α-hetero) is 1. The number of ketones is 1. The third-order valence-corrected chi connectivity index (χ3v) is 5.54. The molecular weight excluding hydrogens is 438 g/mol. The molecule has 0 fully saturated rings. The van der Waals surface area contributed by atoms with Crippen LogP contribution in [0, 0.1) is 0 Å². The average Bonchev–Trinajstić information content (AvgIpc) is 3.22. The molecule has 4 rings (SSSR count). The maximum absolute atomic E-state index is 13.4. The minimum absolute atomic E-state index is 0.0160. The third kappa shape index (κ3) is 3.77. The molecule has 0 spiro atoms. The first-order chi connectivity index (χ1) is 16.4. The number of hydrogen-bond donors (Lipinski definition) is 1. The minimum Gasteiger partial charge on any atom is -0.465 e. The summed E-state index contributed by atoms with van der Waals surface area (Å²) < 4.78 is 11.1. The molecule has 0 aliphatic carbocycles. The lowest BCUT2D eigenvalue weighted by Crippen LogP contribution is -2.23. The number of carbonyl (C=O) groups excluding carboxylic acids is 3. The Kier molecular flexibility index (Phi) is 6.09. The Bertz CT molecular complexity index is 1460. The summed E-state index contributed by atoms with van der Waals surface area (Å²) in [5.74, 6) is -3.11. The number of nitrogens with one attached hydrogen (secondary N) is 1. The van der Waals surface area contributed by atoms with Gasteiger partial charge in [0.15, 0.2) is 17.1 Å². The van der Waals surface area contributed by atoms with Crippen molar-refractivity contribution in [2.45, 2.75) is 12.8 Å². The van der Waals surface area contributed by atoms with Gasteiger partial charge in [-0.1, -0.05) is 55.5 Å². The molecule has 1 N–H and O–H groups in total. The van der Waals surface area contributed by atoms with Crippen LogP contribution >= 0.6 is 0 Å². The van der Waals surface area contributed by atoms with Gasteiger partial charge in [0.05, 0.1) is 25.5 Å². The van der Waals surface area contributed by atoms with E-state index in [-0.39, 0.29) is 33.6 Å². The molecule has 34 heavy (non-hydrogen) atoms. The molecule has 4 aromatic rings. The minimum atomic E-state index is -1.01. The lowest BCUT2D eigenvalue weighted by Gasteiger charge is -2.18. The Morgan fingerprint density at radius 1 is 0.912 bits per heavy atom. The van der Waals surface area contributed by atoms with Gasteiger partial charge in [0.25, 0.3) is 5.56 Å². The molecule has 0 aliphatic heterocycles. The molecule has 9 heteroatoms. The molecule has 172 valence electrons. The Balaban J connectivity index is 2.08. The van der Waals surface area contributed by atoms with E-state index in [2.05, 4.69) is 10.1 Å². The van der Waals surface area contributed by atoms with E-state index >= 15 is 0 Å². The van der Waals surface area contributed by atoms with Crippen LogP contribution in [0.2, 0.25) is 0 Å². The van der Waals surface area contributed by atoms with Crippen LogP contribution in [0.4, 0.5) is 0 Å². The van der Waals surface area contributed by atoms with Crippen LogP contribution in [0.1, 0.15) is 49.6 Å². The average molecular weight is 459 g/mol. The van der Waals surface area contributed by atoms with Crippen molar-refractivity contribution in [1.29, 1.82) is 0 Å². The lowest BCUT2D eigenvalue weighted by molar-refractivity contribution is 0.0591. The van der Waals surface area contributed by atoms with Crippen LogP contribution in [0.15, 0.2) is 65.5 Å². The number of para-hydroxylation sites is 1. The van der Waals surface area contributed by atoms with Crippen LogP contribution in [0.3, 0.4) is 0 Å². The van der Waals surface area contributed by atoms with E-state index in [1.165, 1.54) is 4.68 Å². The molecule has 0 amide bonds. The van der Waals surface area contributed by atoms with Gasteiger partial charge < -0.3 is 9.47 Å². The van der Waals surface area contributed by atoms with E-state index in [1.54, 1.807) is 67.6 Å². The predicted molar refractivity (Wildman–Crippen MR) is 124 cm³/mol. The van der Waals surface area contributed by atoms with Crippen LogP contribution in [-0.4, -0.2) is 46.7 Å². The maximum atomic E-state index is 13.4. The van der Waals surface area contributed by atoms with Gasteiger partial charge in [0.2, 0.25) is 0 Å². The van der Waals surface area contributed by atoms with Crippen molar-refractivity contribution in [3.8, 4) is 5.69 Å². The van der Waals surface area contributed by atoms with Gasteiger partial charge in [-0.05, 0) is 12.1 Å². The number of methoxy groups -OCH3 is 2. The number of hydrogen-bond acceptors (Lipinski definition) is 7. The number of benzene rings is 2. The van der Waals surface area contributed by atoms with E-state index in [0.29, 0.717) is 11.3 Å². The Labute approximate surface area is 193 Å². The fourth-order valence-corrected chi connectivity index (χ4v) is 3.89. The smallest absolute Gasteiger partial charge is 0.357 e. The monoisotopic (exact) mass is 459 g/mol. The largest absolute Gasteiger partial charge is 0.465 e. The van der Waals surface area contributed by atoms with Crippen molar-refractivity contribution in [3.63, 3.8) is 0 Å². The highest BCUT2D eigenvalue weighted by Crippen LogP contribution is 2.31. The SMILES string of the molecule is COC(=O)c1nc2[nH]n(-c3ccccc3)c(=O)c2c(C(=O)OC)c1[C@H](C)C(=O)c1ccccc1. The maximum Gasteiger partial charge on any atom is 0.357 e. The molecular formula is C25H21N3O6. The Morgan fingerprint density at radius 2 is 1.50 bits per heavy atom. The Morgan fingerprint density at radius 3 is 2.09 bits per heavy atom. The standard InChI is InChI=1S/C25H21N3O6/c1-14(21(29)15-10-6-4-7-11-15)17-18(24(31)33-2)19-22(26-20(17)25(32)34-3)27-28(23(19)30)16-12-8-5-9-13-16/h4-14H,1-3H3,(H,26,27)/t14-/m0/s1. The number of nitrogens with zero attached hydrogens (tertiary/aromatic N) is 2. The fourth-order valence-electron chi connectivity index (χ4n) is 3.89. The molecule has 0 bridgehead atoms. The quantitative estimate of drug-likeness (QED) is 0.347. The number of esters is 2. The highest BCUT2D eigenvalue weighted by Gasteiger charge is 2.34. The van der Waals surface area contributed by atoms with Gasteiger partial charge in [-0.3, -0.25) is 14.7 Å². The number of fused-ring (bicyclic) bond motifs is 1. The molecule has 0 unspecified atom stereocenters. The molecule has 0 saturated heterocycles. The van der Waals surface area contributed by atoms with E-state index in [4.69, 9.17) is 9.47 Å². The van der Waals surface area contributed by atoms with E-state index in [1.807, 2.05) is 0 Å². The summed E-state index contributed by atoms with van der Waals surface area (Å²) in [6, 6.07) is 17.1.